The summed E-state index contributed by atoms with van der Waals surface area (Å²) >= 11 is 5.87. The molecule has 2 heterocycles. The first-order valence-corrected chi connectivity index (χ1v) is 9.53. The maximum absolute atomic E-state index is 12.2. The predicted molar refractivity (Wildman–Crippen MR) is 114 cm³/mol. The lowest BCUT2D eigenvalue weighted by Crippen LogP contribution is -2.36. The molecular formula is C22H20ClN3O2. The summed E-state index contributed by atoms with van der Waals surface area (Å²) in [5.74, 6) is 0.769. The molecule has 1 aliphatic rings. The average Bonchev–Trinajstić information content (AvgIpc) is 2.73. The molecule has 1 fully saturated rings. The Kier molecular flexibility index (Phi) is 5.55. The number of morpholine rings is 1. The second kappa shape index (κ2) is 8.42. The second-order valence-electron chi connectivity index (χ2n) is 6.55. The highest BCUT2D eigenvalue weighted by atomic mass is 35.5. The van der Waals surface area contributed by atoms with Crippen LogP contribution in [0, 0.1) is 0 Å². The molecule has 142 valence electrons. The van der Waals surface area contributed by atoms with Crippen molar-refractivity contribution in [2.45, 2.75) is 0 Å². The van der Waals surface area contributed by atoms with Crippen LogP contribution in [0.3, 0.4) is 0 Å². The Morgan fingerprint density at radius 2 is 1.86 bits per heavy atom. The van der Waals surface area contributed by atoms with Crippen molar-refractivity contribution in [3.63, 3.8) is 0 Å². The van der Waals surface area contributed by atoms with Crippen molar-refractivity contribution < 1.29 is 9.53 Å². The molecule has 2 aromatic carbocycles. The number of hydrogen-bond donors (Lipinski definition) is 1. The lowest BCUT2D eigenvalue weighted by Gasteiger charge is -2.27. The SMILES string of the molecule is O=C(/C=C/c1ccc(Cl)cc1)Nc1ccc2nc(N3CCOCC3)ccc2c1. The summed E-state index contributed by atoms with van der Waals surface area (Å²) in [4.78, 5) is 19.1. The van der Waals surface area contributed by atoms with Crippen LogP contribution in [0.25, 0.3) is 17.0 Å². The number of ether oxygens (including phenoxy) is 1. The molecule has 1 aromatic heterocycles. The highest BCUT2D eigenvalue weighted by Gasteiger charge is 2.12. The standard InChI is InChI=1S/C22H20ClN3O2/c23-18-5-1-16(2-6-18)3-10-22(27)24-19-7-8-20-17(15-19)4-9-21(25-20)26-11-13-28-14-12-26/h1-10,15H,11-14H2,(H,24,27)/b10-3+. The van der Waals surface area contributed by atoms with Gasteiger partial charge < -0.3 is 15.0 Å². The number of benzene rings is 2. The van der Waals surface area contributed by atoms with Gasteiger partial charge >= 0.3 is 0 Å². The Bertz CT molecular complexity index is 1010. The summed E-state index contributed by atoms with van der Waals surface area (Å²) in [5.41, 5.74) is 2.55. The van der Waals surface area contributed by atoms with Crippen molar-refractivity contribution in [1.82, 2.24) is 4.98 Å². The Morgan fingerprint density at radius 3 is 2.64 bits per heavy atom. The third-order valence-electron chi connectivity index (χ3n) is 4.57. The molecule has 0 spiro atoms. The number of carbonyl (C=O) groups is 1. The van der Waals surface area contributed by atoms with Gasteiger partial charge in [0.25, 0.3) is 0 Å². The lowest BCUT2D eigenvalue weighted by molar-refractivity contribution is -0.111. The zero-order valence-corrected chi connectivity index (χ0v) is 16.0. The number of pyridine rings is 1. The number of carbonyl (C=O) groups excluding carboxylic acids is 1. The number of aromatic nitrogens is 1. The number of nitrogens with one attached hydrogen (secondary N) is 1. The number of fused-ring (bicyclic) bond motifs is 1. The van der Waals surface area contributed by atoms with E-state index >= 15 is 0 Å². The van der Waals surface area contributed by atoms with Crippen LogP contribution in [0.1, 0.15) is 5.56 Å². The fraction of sp³-hybridized carbons (Fsp3) is 0.182. The van der Waals surface area contributed by atoms with E-state index < -0.39 is 0 Å². The molecule has 1 saturated heterocycles. The summed E-state index contributed by atoms with van der Waals surface area (Å²) in [6, 6.07) is 17.1. The van der Waals surface area contributed by atoms with E-state index in [0.717, 1.165) is 54.3 Å². The quantitative estimate of drug-likeness (QED) is 0.668. The Labute approximate surface area is 168 Å². The molecule has 6 heteroatoms. The molecule has 1 amide bonds. The molecule has 1 aliphatic heterocycles. The largest absolute Gasteiger partial charge is 0.378 e. The number of nitrogens with zero attached hydrogens (tertiary/aromatic N) is 2. The van der Waals surface area contributed by atoms with Gasteiger partial charge in [-0.05, 0) is 54.1 Å². The third-order valence-corrected chi connectivity index (χ3v) is 4.83. The van der Waals surface area contributed by atoms with Crippen molar-refractivity contribution in [2.24, 2.45) is 0 Å². The maximum atomic E-state index is 12.2. The zero-order chi connectivity index (χ0) is 19.3. The highest BCUT2D eigenvalue weighted by molar-refractivity contribution is 6.30. The lowest BCUT2D eigenvalue weighted by atomic mass is 10.2. The van der Waals surface area contributed by atoms with Crippen molar-refractivity contribution in [3.8, 4) is 0 Å². The molecule has 28 heavy (non-hydrogen) atoms. The fourth-order valence-electron chi connectivity index (χ4n) is 3.09. The van der Waals surface area contributed by atoms with Gasteiger partial charge in [-0.3, -0.25) is 4.79 Å². The Balaban J connectivity index is 1.45. The van der Waals surface area contributed by atoms with Crippen LogP contribution in [0.2, 0.25) is 5.02 Å². The van der Waals surface area contributed by atoms with E-state index in [1.54, 1.807) is 18.2 Å². The minimum atomic E-state index is -0.188. The number of halogens is 1. The summed E-state index contributed by atoms with van der Waals surface area (Å²) in [5, 5.41) is 4.54. The van der Waals surface area contributed by atoms with E-state index in [0.29, 0.717) is 5.02 Å². The molecule has 0 saturated carbocycles. The van der Waals surface area contributed by atoms with E-state index in [2.05, 4.69) is 10.2 Å². The number of hydrogen-bond acceptors (Lipinski definition) is 4. The van der Waals surface area contributed by atoms with Crippen LogP contribution in [0.4, 0.5) is 11.5 Å². The van der Waals surface area contributed by atoms with Crippen molar-refractivity contribution in [3.05, 3.63) is 71.3 Å². The van der Waals surface area contributed by atoms with Crippen LogP contribution in [-0.4, -0.2) is 37.2 Å². The molecule has 0 atom stereocenters. The van der Waals surface area contributed by atoms with Gasteiger partial charge in [-0.1, -0.05) is 23.7 Å². The zero-order valence-electron chi connectivity index (χ0n) is 15.3. The first kappa shape index (κ1) is 18.5. The van der Waals surface area contributed by atoms with Crippen LogP contribution in [0.5, 0.6) is 0 Å². The van der Waals surface area contributed by atoms with Crippen LogP contribution >= 0.6 is 11.6 Å². The van der Waals surface area contributed by atoms with Gasteiger partial charge in [0.05, 0.1) is 18.7 Å². The van der Waals surface area contributed by atoms with Crippen molar-refractivity contribution >= 4 is 46.0 Å². The highest BCUT2D eigenvalue weighted by Crippen LogP contribution is 2.22. The monoisotopic (exact) mass is 393 g/mol. The van der Waals surface area contributed by atoms with E-state index in [-0.39, 0.29) is 5.91 Å². The van der Waals surface area contributed by atoms with Gasteiger partial charge in [-0.15, -0.1) is 0 Å². The summed E-state index contributed by atoms with van der Waals surface area (Å²) < 4.78 is 5.39. The molecule has 0 bridgehead atoms. The molecule has 0 aliphatic carbocycles. The van der Waals surface area contributed by atoms with Gasteiger partial charge in [0, 0.05) is 35.3 Å². The number of rotatable bonds is 4. The van der Waals surface area contributed by atoms with Gasteiger partial charge in [0.1, 0.15) is 5.82 Å². The average molecular weight is 394 g/mol. The molecule has 3 aromatic rings. The smallest absolute Gasteiger partial charge is 0.248 e. The second-order valence-corrected chi connectivity index (χ2v) is 6.99. The van der Waals surface area contributed by atoms with E-state index in [1.807, 2.05) is 42.5 Å². The first-order chi connectivity index (χ1) is 13.7. The topological polar surface area (TPSA) is 54.5 Å². The summed E-state index contributed by atoms with van der Waals surface area (Å²) in [6.07, 6.45) is 3.26. The molecule has 1 N–H and O–H groups in total. The Hall–Kier alpha value is -2.89. The minimum absolute atomic E-state index is 0.188. The number of amides is 1. The van der Waals surface area contributed by atoms with Crippen LogP contribution in [0.15, 0.2) is 60.7 Å². The molecule has 5 nitrogen and oxygen atoms in total. The third kappa shape index (κ3) is 4.50. The van der Waals surface area contributed by atoms with Crippen molar-refractivity contribution in [2.75, 3.05) is 36.5 Å². The van der Waals surface area contributed by atoms with E-state index in [4.69, 9.17) is 21.3 Å². The maximum Gasteiger partial charge on any atom is 0.248 e. The predicted octanol–water partition coefficient (Wildman–Crippen LogP) is 4.38. The van der Waals surface area contributed by atoms with E-state index in [1.165, 1.54) is 6.08 Å². The fourth-order valence-corrected chi connectivity index (χ4v) is 3.22. The van der Waals surface area contributed by atoms with Crippen LogP contribution < -0.4 is 10.2 Å². The van der Waals surface area contributed by atoms with Gasteiger partial charge in [0.15, 0.2) is 0 Å². The molecule has 0 unspecified atom stereocenters. The minimum Gasteiger partial charge on any atom is -0.378 e. The molecule has 0 radical (unpaired) electrons. The Morgan fingerprint density at radius 1 is 1.07 bits per heavy atom. The van der Waals surface area contributed by atoms with Gasteiger partial charge in [-0.2, -0.15) is 0 Å². The molecular weight excluding hydrogens is 374 g/mol. The summed E-state index contributed by atoms with van der Waals surface area (Å²) in [6.45, 7) is 3.17. The summed E-state index contributed by atoms with van der Waals surface area (Å²) in [7, 11) is 0. The van der Waals surface area contributed by atoms with Crippen molar-refractivity contribution in [1.29, 1.82) is 0 Å². The van der Waals surface area contributed by atoms with Gasteiger partial charge in [-0.25, -0.2) is 4.98 Å². The normalized spacial score (nSPS) is 14.5. The van der Waals surface area contributed by atoms with Gasteiger partial charge in [0.2, 0.25) is 5.91 Å². The van der Waals surface area contributed by atoms with E-state index in [9.17, 15) is 4.79 Å². The number of anilines is 2. The molecule has 4 rings (SSSR count). The van der Waals surface area contributed by atoms with Crippen LogP contribution in [-0.2, 0) is 9.53 Å². The first-order valence-electron chi connectivity index (χ1n) is 9.15.